The number of ketones is 1. The molecule has 1 amide bonds. The van der Waals surface area contributed by atoms with E-state index in [-0.39, 0.29) is 18.2 Å². The Kier molecular flexibility index (Phi) is 8.70. The number of anilines is 1. The number of halogens is 1. The average Bonchev–Trinajstić information content (AvgIpc) is 2.82. The number of carbonyl (C=O) groups is 2. The van der Waals surface area contributed by atoms with E-state index >= 15 is 0 Å². The number of nitrogens with zero attached hydrogens (tertiary/aromatic N) is 1. The summed E-state index contributed by atoms with van der Waals surface area (Å²) in [6, 6.07) is 13.0. The van der Waals surface area contributed by atoms with Crippen LogP contribution in [0.4, 0.5) is 5.69 Å². The third-order valence-electron chi connectivity index (χ3n) is 6.00. The normalized spacial score (nSPS) is 14.9. The van der Waals surface area contributed by atoms with Gasteiger partial charge in [-0.25, -0.2) is 0 Å². The second-order valence-electron chi connectivity index (χ2n) is 8.46. The van der Waals surface area contributed by atoms with E-state index in [1.54, 1.807) is 37.4 Å². The number of rotatable bonds is 9. The molecular formula is C25H32BrN3O3. The van der Waals surface area contributed by atoms with Crippen molar-refractivity contribution < 1.29 is 14.3 Å². The number of hydrogen-bond acceptors (Lipinski definition) is 5. The van der Waals surface area contributed by atoms with Crippen molar-refractivity contribution in [3.8, 4) is 5.75 Å². The molecule has 1 heterocycles. The van der Waals surface area contributed by atoms with E-state index in [0.29, 0.717) is 45.5 Å². The Morgan fingerprint density at radius 2 is 1.81 bits per heavy atom. The summed E-state index contributed by atoms with van der Waals surface area (Å²) in [4.78, 5) is 27.8. The van der Waals surface area contributed by atoms with Gasteiger partial charge in [0.05, 0.1) is 18.1 Å². The summed E-state index contributed by atoms with van der Waals surface area (Å²) in [5.41, 5.74) is 1.83. The molecule has 7 heteroatoms. The Bertz CT molecular complexity index is 923. The lowest BCUT2D eigenvalue weighted by molar-refractivity contribution is -0.119. The summed E-state index contributed by atoms with van der Waals surface area (Å²) < 4.78 is 5.80. The van der Waals surface area contributed by atoms with Crippen LogP contribution in [0, 0.1) is 5.92 Å². The number of ether oxygens (including phenoxy) is 1. The predicted octanol–water partition coefficient (Wildman–Crippen LogP) is 4.34. The van der Waals surface area contributed by atoms with Gasteiger partial charge in [-0.1, -0.05) is 6.07 Å². The number of likely N-dealkylation sites (tertiary alicyclic amines) is 1. The SMILES string of the molecule is COc1ccc(C(=O)c2cccc(NCC(=O)NCC3CCN(C(C)C)CC3)c2Br)cc1. The highest BCUT2D eigenvalue weighted by molar-refractivity contribution is 9.10. The molecular weight excluding hydrogens is 470 g/mol. The number of methoxy groups -OCH3 is 1. The van der Waals surface area contributed by atoms with Crippen molar-refractivity contribution in [3.05, 3.63) is 58.1 Å². The van der Waals surface area contributed by atoms with Crippen LogP contribution in [0.3, 0.4) is 0 Å². The Morgan fingerprint density at radius 3 is 2.44 bits per heavy atom. The van der Waals surface area contributed by atoms with Gasteiger partial charge in [-0.3, -0.25) is 9.59 Å². The number of nitrogens with one attached hydrogen (secondary N) is 2. The van der Waals surface area contributed by atoms with Gasteiger partial charge < -0.3 is 20.3 Å². The summed E-state index contributed by atoms with van der Waals surface area (Å²) >= 11 is 3.53. The van der Waals surface area contributed by atoms with Gasteiger partial charge in [-0.05, 0) is 98.0 Å². The number of carbonyl (C=O) groups excluding carboxylic acids is 2. The van der Waals surface area contributed by atoms with E-state index < -0.39 is 0 Å². The molecule has 0 atom stereocenters. The zero-order valence-corrected chi connectivity index (χ0v) is 20.6. The molecule has 2 N–H and O–H groups in total. The molecule has 32 heavy (non-hydrogen) atoms. The van der Waals surface area contributed by atoms with E-state index in [0.717, 1.165) is 25.9 Å². The monoisotopic (exact) mass is 501 g/mol. The Labute approximate surface area is 198 Å². The van der Waals surface area contributed by atoms with Gasteiger partial charge in [-0.2, -0.15) is 0 Å². The van der Waals surface area contributed by atoms with Crippen LogP contribution in [0.5, 0.6) is 5.75 Å². The molecule has 2 aromatic carbocycles. The Balaban J connectivity index is 1.52. The van der Waals surface area contributed by atoms with Crippen molar-refractivity contribution in [2.45, 2.75) is 32.7 Å². The lowest BCUT2D eigenvalue weighted by Crippen LogP contribution is -2.42. The van der Waals surface area contributed by atoms with E-state index in [1.165, 1.54) is 0 Å². The molecule has 0 saturated carbocycles. The van der Waals surface area contributed by atoms with Crippen molar-refractivity contribution in [2.24, 2.45) is 5.92 Å². The topological polar surface area (TPSA) is 70.7 Å². The highest BCUT2D eigenvalue weighted by Gasteiger charge is 2.21. The fraction of sp³-hybridized carbons (Fsp3) is 0.440. The minimum absolute atomic E-state index is 0.0462. The van der Waals surface area contributed by atoms with Gasteiger partial charge in [0.25, 0.3) is 0 Å². The maximum atomic E-state index is 12.9. The number of piperidine rings is 1. The summed E-state index contributed by atoms with van der Waals surface area (Å²) in [5, 5.41) is 6.19. The van der Waals surface area contributed by atoms with Gasteiger partial charge in [0.2, 0.25) is 5.91 Å². The molecule has 1 aliphatic heterocycles. The van der Waals surface area contributed by atoms with Crippen LogP contribution < -0.4 is 15.4 Å². The fourth-order valence-corrected chi connectivity index (χ4v) is 4.50. The minimum Gasteiger partial charge on any atom is -0.497 e. The van der Waals surface area contributed by atoms with E-state index in [9.17, 15) is 9.59 Å². The molecule has 1 fully saturated rings. The van der Waals surface area contributed by atoms with E-state index in [4.69, 9.17) is 4.74 Å². The minimum atomic E-state index is -0.0969. The smallest absolute Gasteiger partial charge is 0.239 e. The number of hydrogen-bond donors (Lipinski definition) is 2. The largest absolute Gasteiger partial charge is 0.497 e. The molecule has 1 aliphatic rings. The third kappa shape index (κ3) is 6.33. The van der Waals surface area contributed by atoms with Crippen LogP contribution in [-0.2, 0) is 4.79 Å². The second kappa shape index (κ2) is 11.5. The van der Waals surface area contributed by atoms with Crippen LogP contribution >= 0.6 is 15.9 Å². The molecule has 0 spiro atoms. The fourth-order valence-electron chi connectivity index (χ4n) is 3.91. The van der Waals surface area contributed by atoms with Crippen molar-refractivity contribution >= 4 is 33.3 Å². The summed E-state index contributed by atoms with van der Waals surface area (Å²) in [6.45, 7) is 7.51. The molecule has 2 aromatic rings. The first kappa shape index (κ1) is 24.3. The first-order valence-electron chi connectivity index (χ1n) is 11.1. The zero-order valence-electron chi connectivity index (χ0n) is 19.0. The van der Waals surface area contributed by atoms with Crippen LogP contribution in [0.1, 0.15) is 42.6 Å². The summed E-state index contributed by atoms with van der Waals surface area (Å²) in [6.07, 6.45) is 2.24. The molecule has 172 valence electrons. The molecule has 6 nitrogen and oxygen atoms in total. The Morgan fingerprint density at radius 1 is 1.12 bits per heavy atom. The van der Waals surface area contributed by atoms with Gasteiger partial charge >= 0.3 is 0 Å². The molecule has 0 bridgehead atoms. The zero-order chi connectivity index (χ0) is 23.1. The molecule has 3 rings (SSSR count). The third-order valence-corrected chi connectivity index (χ3v) is 6.86. The quantitative estimate of drug-likeness (QED) is 0.500. The first-order chi connectivity index (χ1) is 15.4. The van der Waals surface area contributed by atoms with Crippen molar-refractivity contribution in [3.63, 3.8) is 0 Å². The lowest BCUT2D eigenvalue weighted by atomic mass is 9.96. The van der Waals surface area contributed by atoms with Gasteiger partial charge in [0.1, 0.15) is 5.75 Å². The summed E-state index contributed by atoms with van der Waals surface area (Å²) in [7, 11) is 1.59. The van der Waals surface area contributed by atoms with Crippen molar-refractivity contribution in [2.75, 3.05) is 38.6 Å². The van der Waals surface area contributed by atoms with E-state index in [1.807, 2.05) is 12.1 Å². The number of benzene rings is 2. The highest BCUT2D eigenvalue weighted by Crippen LogP contribution is 2.28. The Hall–Kier alpha value is -2.38. The molecule has 0 radical (unpaired) electrons. The second-order valence-corrected chi connectivity index (χ2v) is 9.25. The number of amides is 1. The highest BCUT2D eigenvalue weighted by atomic mass is 79.9. The van der Waals surface area contributed by atoms with Crippen molar-refractivity contribution in [1.29, 1.82) is 0 Å². The first-order valence-corrected chi connectivity index (χ1v) is 11.9. The van der Waals surface area contributed by atoms with Crippen molar-refractivity contribution in [1.82, 2.24) is 10.2 Å². The van der Waals surface area contributed by atoms with Crippen LogP contribution in [-0.4, -0.2) is 55.9 Å². The van der Waals surface area contributed by atoms with E-state index in [2.05, 4.69) is 45.3 Å². The predicted molar refractivity (Wildman–Crippen MR) is 132 cm³/mol. The van der Waals surface area contributed by atoms with Crippen LogP contribution in [0.2, 0.25) is 0 Å². The van der Waals surface area contributed by atoms with Crippen LogP contribution in [0.15, 0.2) is 46.9 Å². The van der Waals surface area contributed by atoms with Gasteiger partial charge in [0, 0.05) is 29.4 Å². The molecule has 0 aliphatic carbocycles. The van der Waals surface area contributed by atoms with Gasteiger partial charge in [-0.15, -0.1) is 0 Å². The maximum absolute atomic E-state index is 12.9. The maximum Gasteiger partial charge on any atom is 0.239 e. The molecule has 0 aromatic heterocycles. The average molecular weight is 502 g/mol. The van der Waals surface area contributed by atoms with Gasteiger partial charge in [0.15, 0.2) is 5.78 Å². The standard InChI is InChI=1S/C25H32BrN3O3/c1-17(2)29-13-11-18(12-14-29)15-28-23(30)16-27-22-6-4-5-21(24(22)26)25(31)19-7-9-20(32-3)10-8-19/h4-10,17-18,27H,11-16H2,1-3H3,(H,28,30). The lowest BCUT2D eigenvalue weighted by Gasteiger charge is -2.34. The molecule has 0 unspecified atom stereocenters. The van der Waals surface area contributed by atoms with Crippen LogP contribution in [0.25, 0.3) is 0 Å². The molecule has 1 saturated heterocycles. The summed E-state index contributed by atoms with van der Waals surface area (Å²) in [5.74, 6) is 1.09.